The Balaban J connectivity index is 4.74. The van der Waals surface area contributed by atoms with E-state index < -0.39 is 37.2 Å². The van der Waals surface area contributed by atoms with Crippen molar-refractivity contribution in [1.82, 2.24) is 5.32 Å². The Bertz CT molecular complexity index is 1160. The molecule has 0 radical (unpaired) electrons. The van der Waals surface area contributed by atoms with Crippen LogP contribution in [-0.4, -0.2) is 69.2 Å². The smallest absolute Gasteiger partial charge is 0.462 e. The number of carbonyl (C=O) groups excluding carboxylic acids is 3. The number of rotatable bonds is 39. The molecule has 0 aliphatic rings. The third-order valence-corrected chi connectivity index (χ3v) is 13.1. The summed E-state index contributed by atoms with van der Waals surface area (Å²) in [7, 11) is -4.60. The Hall–Kier alpha value is -1.20. The Morgan fingerprint density at radius 1 is 0.737 bits per heavy atom. The summed E-state index contributed by atoms with van der Waals surface area (Å²) >= 11 is 8.03. The van der Waals surface area contributed by atoms with Gasteiger partial charge in [-0.1, -0.05) is 173 Å². The lowest BCUT2D eigenvalue weighted by Crippen LogP contribution is -2.30. The summed E-state index contributed by atoms with van der Waals surface area (Å²) in [5.74, 6) is -0.463. The number of phosphoric ester groups is 1. The van der Waals surface area contributed by atoms with E-state index in [0.29, 0.717) is 16.4 Å². The maximum absolute atomic E-state index is 12.7. The fraction of sp³-hybridized carbons (Fsp3) is 0.881. The molecular formula is C42H77N2O9PS3. The molecule has 0 aromatic heterocycles. The number of thiocarbonyl (C=S) groups is 1. The second kappa shape index (κ2) is 37.8. The van der Waals surface area contributed by atoms with Gasteiger partial charge in [-0.3, -0.25) is 23.4 Å². The molecule has 2 N–H and O–H groups in total. The number of hydrogen-bond donors (Lipinski definition) is 2. The van der Waals surface area contributed by atoms with Crippen molar-refractivity contribution in [3.05, 3.63) is 0 Å². The Morgan fingerprint density at radius 3 is 1.68 bits per heavy atom. The zero-order valence-electron chi connectivity index (χ0n) is 35.8. The molecule has 0 bridgehead atoms. The van der Waals surface area contributed by atoms with Gasteiger partial charge in [-0.2, -0.15) is 5.26 Å². The molecule has 3 atom stereocenters. The van der Waals surface area contributed by atoms with E-state index >= 15 is 0 Å². The second-order valence-corrected chi connectivity index (χ2v) is 20.4. The van der Waals surface area contributed by atoms with E-state index in [1.54, 1.807) is 6.92 Å². The van der Waals surface area contributed by atoms with Gasteiger partial charge in [0.05, 0.1) is 19.3 Å². The van der Waals surface area contributed by atoms with E-state index in [2.05, 4.69) is 25.2 Å². The van der Waals surface area contributed by atoms with Gasteiger partial charge >= 0.3 is 19.8 Å². The van der Waals surface area contributed by atoms with Crippen LogP contribution in [0.4, 0.5) is 0 Å². The van der Waals surface area contributed by atoms with Crippen molar-refractivity contribution in [1.29, 1.82) is 5.26 Å². The van der Waals surface area contributed by atoms with Gasteiger partial charge in [0.1, 0.15) is 14.9 Å². The number of esters is 2. The summed E-state index contributed by atoms with van der Waals surface area (Å²) in [6.45, 7) is 6.94. The highest BCUT2D eigenvalue weighted by atomic mass is 32.2. The summed E-state index contributed by atoms with van der Waals surface area (Å²) in [5.41, 5.74) is 0. The van der Waals surface area contributed by atoms with Crippen molar-refractivity contribution in [2.75, 3.05) is 32.1 Å². The van der Waals surface area contributed by atoms with Crippen molar-refractivity contribution in [3.63, 3.8) is 0 Å². The number of thioether (sulfide) groups is 2. The Morgan fingerprint density at radius 2 is 1.21 bits per heavy atom. The highest BCUT2D eigenvalue weighted by Gasteiger charge is 2.28. The first-order chi connectivity index (χ1) is 27.4. The summed E-state index contributed by atoms with van der Waals surface area (Å²) < 4.78 is 33.5. The molecule has 57 heavy (non-hydrogen) atoms. The molecule has 0 aromatic rings. The van der Waals surface area contributed by atoms with Crippen LogP contribution in [0, 0.1) is 11.3 Å². The lowest BCUT2D eigenvalue weighted by molar-refractivity contribution is -0.161. The number of amides is 1. The molecule has 15 heteroatoms. The van der Waals surface area contributed by atoms with Gasteiger partial charge in [-0.15, -0.1) is 11.8 Å². The van der Waals surface area contributed by atoms with Crippen LogP contribution in [0.2, 0.25) is 0 Å². The fourth-order valence-electron chi connectivity index (χ4n) is 5.95. The van der Waals surface area contributed by atoms with Crippen molar-refractivity contribution >= 4 is 64.9 Å². The Labute approximate surface area is 360 Å². The normalized spacial score (nSPS) is 13.9. The maximum atomic E-state index is 12.7. The van der Waals surface area contributed by atoms with Crippen molar-refractivity contribution in [3.8, 4) is 6.07 Å². The molecule has 0 heterocycles. The van der Waals surface area contributed by atoms with Crippen LogP contribution in [0.15, 0.2) is 0 Å². The molecule has 2 unspecified atom stereocenters. The zero-order chi connectivity index (χ0) is 42.5. The zero-order valence-corrected chi connectivity index (χ0v) is 39.2. The first-order valence-electron chi connectivity index (χ1n) is 21.9. The Kier molecular flexibility index (Phi) is 37.0. The third-order valence-electron chi connectivity index (χ3n) is 9.44. The van der Waals surface area contributed by atoms with E-state index in [1.807, 2.05) is 6.92 Å². The highest BCUT2D eigenvalue weighted by molar-refractivity contribution is 8.47. The van der Waals surface area contributed by atoms with Gasteiger partial charge in [0.15, 0.2) is 6.10 Å². The number of phosphoric acid groups is 1. The van der Waals surface area contributed by atoms with E-state index in [1.165, 1.54) is 113 Å². The lowest BCUT2D eigenvalue weighted by Gasteiger charge is -2.21. The van der Waals surface area contributed by atoms with Gasteiger partial charge in [-0.05, 0) is 31.9 Å². The summed E-state index contributed by atoms with van der Waals surface area (Å²) in [5, 5.41) is 12.2. The van der Waals surface area contributed by atoms with Crippen molar-refractivity contribution in [2.24, 2.45) is 0 Å². The molecule has 0 rings (SSSR count). The molecule has 1 amide bonds. The molecule has 0 fully saturated rings. The average Bonchev–Trinajstić information content (AvgIpc) is 3.18. The second-order valence-electron chi connectivity index (χ2n) is 14.9. The number of ether oxygens (including phenoxy) is 2. The number of nitrogens with zero attached hydrogens (tertiary/aromatic N) is 1. The number of nitrogens with one attached hydrogen (secondary N) is 1. The maximum Gasteiger partial charge on any atom is 0.472 e. The molecule has 332 valence electrons. The van der Waals surface area contributed by atoms with Crippen LogP contribution < -0.4 is 5.32 Å². The van der Waals surface area contributed by atoms with Crippen LogP contribution in [0.3, 0.4) is 0 Å². The molecule has 0 aromatic carbocycles. The monoisotopic (exact) mass is 880 g/mol. The van der Waals surface area contributed by atoms with Crippen LogP contribution in [0.25, 0.3) is 0 Å². The lowest BCUT2D eigenvalue weighted by atomic mass is 10.1. The first-order valence-corrected chi connectivity index (χ1v) is 25.6. The van der Waals surface area contributed by atoms with Gasteiger partial charge < -0.3 is 19.7 Å². The SMILES string of the molecule is CCCCCCCCCCCCCC(=O)OC[C@H](COP(=O)(O)OCCNC(=O)CCC(C)(C#N)SC(=S)SCC)OC(=O)CCCCCCCCCCCCC. The number of carbonyl (C=O) groups is 3. The minimum absolute atomic E-state index is 0.0635. The van der Waals surface area contributed by atoms with Crippen LogP contribution in [-0.2, 0) is 37.5 Å². The van der Waals surface area contributed by atoms with Gasteiger partial charge in [0.2, 0.25) is 5.91 Å². The van der Waals surface area contributed by atoms with Crippen LogP contribution >= 0.6 is 43.6 Å². The van der Waals surface area contributed by atoms with E-state index in [0.717, 1.165) is 44.3 Å². The van der Waals surface area contributed by atoms with Crippen molar-refractivity contribution < 1.29 is 42.4 Å². The standard InChI is InChI=1S/C42H77N2O9PS3/c1-5-8-10-12-14-16-18-20-22-24-26-28-39(46)50-34-37(53-40(47)29-27-25-23-21-19-17-15-13-11-9-6-2)35-52-54(48,49)51-33-32-44-38(45)30-31-42(4,36-43)57-41(55)56-7-3/h37H,5-35H2,1-4H3,(H,44,45)(H,48,49)/t37-,42?/m1/s1. The largest absolute Gasteiger partial charge is 0.472 e. The molecule has 0 saturated carbocycles. The van der Waals surface area contributed by atoms with E-state index in [9.17, 15) is 29.1 Å². The molecule has 11 nitrogen and oxygen atoms in total. The molecule has 0 aliphatic carbocycles. The minimum atomic E-state index is -4.60. The molecule has 0 saturated heterocycles. The summed E-state index contributed by atoms with van der Waals surface area (Å²) in [6.07, 6.45) is 25.1. The van der Waals surface area contributed by atoms with E-state index in [-0.39, 0.29) is 51.3 Å². The average molecular weight is 881 g/mol. The summed E-state index contributed by atoms with van der Waals surface area (Å²) in [4.78, 5) is 47.9. The quantitative estimate of drug-likeness (QED) is 0.0260. The predicted octanol–water partition coefficient (Wildman–Crippen LogP) is 11.9. The molecular weight excluding hydrogens is 804 g/mol. The van der Waals surface area contributed by atoms with Crippen LogP contribution in [0.5, 0.6) is 0 Å². The van der Waals surface area contributed by atoms with Crippen molar-refractivity contribution in [2.45, 2.75) is 205 Å². The number of unbranched alkanes of at least 4 members (excludes halogenated alkanes) is 20. The highest BCUT2D eigenvalue weighted by Crippen LogP contribution is 2.43. The predicted molar refractivity (Wildman–Crippen MR) is 239 cm³/mol. The van der Waals surface area contributed by atoms with Gasteiger partial charge in [-0.25, -0.2) is 4.57 Å². The fourth-order valence-corrected chi connectivity index (χ4v) is 9.60. The number of hydrogen-bond acceptors (Lipinski definition) is 12. The first kappa shape index (κ1) is 55.8. The topological polar surface area (TPSA) is 161 Å². The molecule has 0 aliphatic heterocycles. The van der Waals surface area contributed by atoms with Crippen LogP contribution in [0.1, 0.15) is 195 Å². The third kappa shape index (κ3) is 36.4. The molecule has 0 spiro atoms. The van der Waals surface area contributed by atoms with E-state index in [4.69, 9.17) is 30.7 Å². The minimum Gasteiger partial charge on any atom is -0.462 e. The summed E-state index contributed by atoms with van der Waals surface area (Å²) in [6, 6.07) is 2.22. The van der Waals surface area contributed by atoms with Gasteiger partial charge in [0, 0.05) is 25.8 Å². The number of nitriles is 1. The van der Waals surface area contributed by atoms with Gasteiger partial charge in [0.25, 0.3) is 0 Å².